The molecule has 1 rings (SSSR count). The third-order valence-electron chi connectivity index (χ3n) is 2.19. The van der Waals surface area contributed by atoms with E-state index in [0.717, 1.165) is 0 Å². The Bertz CT molecular complexity index is 573. The molecule has 0 radical (unpaired) electrons. The van der Waals surface area contributed by atoms with Crippen molar-refractivity contribution in [1.29, 1.82) is 0 Å². The fourth-order valence-corrected chi connectivity index (χ4v) is 3.24. The standard InChI is InChI=1S/C11H14Cl3NO3S/c1-11(2,6-19(15,16)17)5-18-10-4-8(13)7(12)3-9(10)14/h3-4H,5-6H2,1-2H3,(H2,15,16,17). The first-order valence-corrected chi connectivity index (χ1v) is 8.13. The third kappa shape index (κ3) is 5.75. The van der Waals surface area contributed by atoms with Gasteiger partial charge in [0, 0.05) is 11.5 Å². The molecule has 0 amide bonds. The predicted molar refractivity (Wildman–Crippen MR) is 78.7 cm³/mol. The molecule has 0 unspecified atom stereocenters. The largest absolute Gasteiger partial charge is 0.491 e. The predicted octanol–water partition coefficient (Wildman–Crippen LogP) is 3.34. The summed E-state index contributed by atoms with van der Waals surface area (Å²) in [7, 11) is -3.57. The van der Waals surface area contributed by atoms with Gasteiger partial charge in [-0.15, -0.1) is 0 Å². The van der Waals surface area contributed by atoms with Crippen LogP contribution in [0, 0.1) is 5.41 Å². The molecule has 0 saturated heterocycles. The maximum Gasteiger partial charge on any atom is 0.209 e. The van der Waals surface area contributed by atoms with Crippen molar-refractivity contribution in [2.45, 2.75) is 13.8 Å². The number of hydrogen-bond acceptors (Lipinski definition) is 3. The van der Waals surface area contributed by atoms with Crippen molar-refractivity contribution in [2.75, 3.05) is 12.4 Å². The quantitative estimate of drug-likeness (QED) is 0.831. The van der Waals surface area contributed by atoms with Crippen molar-refractivity contribution >= 4 is 44.8 Å². The molecular formula is C11H14Cl3NO3S. The van der Waals surface area contributed by atoms with E-state index in [-0.39, 0.29) is 12.4 Å². The summed E-state index contributed by atoms with van der Waals surface area (Å²) in [5.41, 5.74) is -0.650. The molecule has 4 nitrogen and oxygen atoms in total. The topological polar surface area (TPSA) is 69.4 Å². The number of ether oxygens (including phenoxy) is 1. The average molecular weight is 347 g/mol. The molecule has 0 aromatic heterocycles. The van der Waals surface area contributed by atoms with Crippen LogP contribution in [0.25, 0.3) is 0 Å². The van der Waals surface area contributed by atoms with E-state index in [1.807, 2.05) is 0 Å². The fraction of sp³-hybridized carbons (Fsp3) is 0.455. The molecule has 0 aliphatic carbocycles. The monoisotopic (exact) mass is 345 g/mol. The van der Waals surface area contributed by atoms with Crippen LogP contribution >= 0.6 is 34.8 Å². The van der Waals surface area contributed by atoms with Gasteiger partial charge in [-0.3, -0.25) is 0 Å². The van der Waals surface area contributed by atoms with Crippen molar-refractivity contribution in [1.82, 2.24) is 0 Å². The van der Waals surface area contributed by atoms with E-state index >= 15 is 0 Å². The minimum Gasteiger partial charge on any atom is -0.491 e. The molecule has 2 N–H and O–H groups in total. The molecule has 0 bridgehead atoms. The van der Waals surface area contributed by atoms with Gasteiger partial charge in [-0.1, -0.05) is 48.7 Å². The number of hydrogen-bond donors (Lipinski definition) is 1. The lowest BCUT2D eigenvalue weighted by Crippen LogP contribution is -2.33. The zero-order valence-corrected chi connectivity index (χ0v) is 13.5. The molecule has 108 valence electrons. The summed E-state index contributed by atoms with van der Waals surface area (Å²) < 4.78 is 27.7. The van der Waals surface area contributed by atoms with Gasteiger partial charge in [0.25, 0.3) is 0 Å². The molecule has 0 saturated carbocycles. The van der Waals surface area contributed by atoms with E-state index in [2.05, 4.69) is 0 Å². The van der Waals surface area contributed by atoms with E-state index in [1.54, 1.807) is 13.8 Å². The molecule has 0 aliphatic heterocycles. The smallest absolute Gasteiger partial charge is 0.209 e. The number of nitrogens with two attached hydrogens (primary N) is 1. The van der Waals surface area contributed by atoms with Crippen LogP contribution in [0.4, 0.5) is 0 Å². The van der Waals surface area contributed by atoms with E-state index in [1.165, 1.54) is 12.1 Å². The summed E-state index contributed by atoms with van der Waals surface area (Å²) >= 11 is 17.6. The molecule has 19 heavy (non-hydrogen) atoms. The molecule has 0 spiro atoms. The summed E-state index contributed by atoms with van der Waals surface area (Å²) in [6, 6.07) is 2.95. The maximum atomic E-state index is 11.1. The maximum absolute atomic E-state index is 11.1. The Kier molecular flexibility index (Phi) is 5.37. The number of sulfonamides is 1. The first-order valence-electron chi connectivity index (χ1n) is 5.28. The zero-order valence-electron chi connectivity index (χ0n) is 10.4. The van der Waals surface area contributed by atoms with E-state index in [4.69, 9.17) is 44.7 Å². The lowest BCUT2D eigenvalue weighted by Gasteiger charge is -2.23. The summed E-state index contributed by atoms with van der Waals surface area (Å²) in [4.78, 5) is 0. The first kappa shape index (κ1) is 16.9. The Morgan fingerprint density at radius 1 is 1.16 bits per heavy atom. The lowest BCUT2D eigenvalue weighted by atomic mass is 9.98. The SMILES string of the molecule is CC(C)(COc1cc(Cl)c(Cl)cc1Cl)CS(N)(=O)=O. The number of benzene rings is 1. The Labute approximate surface area is 127 Å². The van der Waals surface area contributed by atoms with Crippen LogP contribution in [0.1, 0.15) is 13.8 Å². The first-order chi connectivity index (χ1) is 8.50. The summed E-state index contributed by atoms with van der Waals surface area (Å²) in [6.07, 6.45) is 0. The highest BCUT2D eigenvalue weighted by molar-refractivity contribution is 7.89. The number of rotatable bonds is 5. The van der Waals surface area contributed by atoms with E-state index < -0.39 is 15.4 Å². The zero-order chi connectivity index (χ0) is 14.8. The number of halogens is 3. The molecule has 8 heteroatoms. The Balaban J connectivity index is 2.79. The Morgan fingerprint density at radius 2 is 1.68 bits per heavy atom. The van der Waals surface area contributed by atoms with Crippen LogP contribution in [0.15, 0.2) is 12.1 Å². The highest BCUT2D eigenvalue weighted by Gasteiger charge is 2.25. The van der Waals surface area contributed by atoms with Crippen molar-refractivity contribution in [3.63, 3.8) is 0 Å². The van der Waals surface area contributed by atoms with Crippen molar-refractivity contribution in [3.05, 3.63) is 27.2 Å². The van der Waals surface area contributed by atoms with Crippen LogP contribution in [0.3, 0.4) is 0 Å². The Hall–Kier alpha value is -0.200. The second-order valence-electron chi connectivity index (χ2n) is 4.96. The lowest BCUT2D eigenvalue weighted by molar-refractivity contribution is 0.200. The minimum atomic E-state index is -3.57. The van der Waals surface area contributed by atoms with Crippen LogP contribution in [-0.2, 0) is 10.0 Å². The molecule has 0 fully saturated rings. The van der Waals surface area contributed by atoms with Crippen LogP contribution in [0.5, 0.6) is 5.75 Å². The van der Waals surface area contributed by atoms with Crippen LogP contribution in [-0.4, -0.2) is 20.8 Å². The Morgan fingerprint density at radius 3 is 2.21 bits per heavy atom. The van der Waals surface area contributed by atoms with Gasteiger partial charge in [-0.25, -0.2) is 13.6 Å². The van der Waals surface area contributed by atoms with Gasteiger partial charge in [0.1, 0.15) is 5.75 Å². The molecule has 0 heterocycles. The minimum absolute atomic E-state index is 0.126. The van der Waals surface area contributed by atoms with E-state index in [9.17, 15) is 8.42 Å². The van der Waals surface area contributed by atoms with Crippen molar-refractivity contribution in [3.8, 4) is 5.75 Å². The summed E-state index contributed by atoms with van der Waals surface area (Å²) in [5, 5.41) is 5.96. The van der Waals surface area contributed by atoms with Gasteiger partial charge < -0.3 is 4.74 Å². The molecular weight excluding hydrogens is 333 g/mol. The van der Waals surface area contributed by atoms with Crippen LogP contribution < -0.4 is 9.88 Å². The second kappa shape index (κ2) is 6.06. The molecule has 0 atom stereocenters. The van der Waals surface area contributed by atoms with Gasteiger partial charge >= 0.3 is 0 Å². The van der Waals surface area contributed by atoms with Gasteiger partial charge in [-0.2, -0.15) is 0 Å². The van der Waals surface area contributed by atoms with Gasteiger partial charge in [0.2, 0.25) is 10.0 Å². The fourth-order valence-electron chi connectivity index (χ4n) is 1.47. The van der Waals surface area contributed by atoms with Crippen molar-refractivity contribution < 1.29 is 13.2 Å². The molecule has 1 aromatic carbocycles. The molecule has 0 aliphatic rings. The highest BCUT2D eigenvalue weighted by atomic mass is 35.5. The normalized spacial score (nSPS) is 12.5. The van der Waals surface area contributed by atoms with E-state index in [0.29, 0.717) is 20.8 Å². The second-order valence-corrected chi connectivity index (χ2v) is 7.79. The third-order valence-corrected chi connectivity index (χ3v) is 4.39. The highest BCUT2D eigenvalue weighted by Crippen LogP contribution is 2.34. The number of primary sulfonamides is 1. The summed E-state index contributed by atoms with van der Waals surface area (Å²) in [5.74, 6) is 0.150. The van der Waals surface area contributed by atoms with Gasteiger partial charge in [-0.05, 0) is 6.07 Å². The van der Waals surface area contributed by atoms with Crippen molar-refractivity contribution in [2.24, 2.45) is 10.6 Å². The van der Waals surface area contributed by atoms with Gasteiger partial charge in [0.05, 0.1) is 27.4 Å². The van der Waals surface area contributed by atoms with Crippen LogP contribution in [0.2, 0.25) is 15.1 Å². The summed E-state index contributed by atoms with van der Waals surface area (Å²) in [6.45, 7) is 3.58. The average Bonchev–Trinajstić information content (AvgIpc) is 2.18. The van der Waals surface area contributed by atoms with Gasteiger partial charge in [0.15, 0.2) is 0 Å². The molecule has 1 aromatic rings.